The lowest BCUT2D eigenvalue weighted by atomic mass is 10.2. The van der Waals surface area contributed by atoms with E-state index in [1.807, 2.05) is 18.2 Å². The van der Waals surface area contributed by atoms with Gasteiger partial charge in [-0.05, 0) is 18.6 Å². The minimum absolute atomic E-state index is 0.00951. The van der Waals surface area contributed by atoms with Gasteiger partial charge in [0.1, 0.15) is 0 Å². The Morgan fingerprint density at radius 1 is 1.29 bits per heavy atom. The van der Waals surface area contributed by atoms with Crippen LogP contribution < -0.4 is 10.2 Å². The van der Waals surface area contributed by atoms with Crippen LogP contribution in [0.2, 0.25) is 0 Å². The van der Waals surface area contributed by atoms with E-state index in [-0.39, 0.29) is 12.5 Å². The van der Waals surface area contributed by atoms with Crippen molar-refractivity contribution >= 4 is 28.5 Å². The van der Waals surface area contributed by atoms with Crippen molar-refractivity contribution in [3.05, 3.63) is 30.3 Å². The molecule has 2 N–H and O–H groups in total. The number of carboxylic acids is 1. The van der Waals surface area contributed by atoms with Crippen molar-refractivity contribution in [1.29, 1.82) is 0 Å². The van der Waals surface area contributed by atoms with Crippen molar-refractivity contribution in [2.75, 3.05) is 30.0 Å². The van der Waals surface area contributed by atoms with E-state index in [0.717, 1.165) is 0 Å². The molecule has 0 radical (unpaired) electrons. The Kier molecular flexibility index (Phi) is 7.45. The number of anilines is 1. The third-order valence-electron chi connectivity index (χ3n) is 2.75. The summed E-state index contributed by atoms with van der Waals surface area (Å²) in [5, 5.41) is 11.4. The molecule has 21 heavy (non-hydrogen) atoms. The SMILES string of the molecule is CS(=O)CCNC(=O)N(CCCC(=O)O)c1ccccc1. The number of benzene rings is 1. The summed E-state index contributed by atoms with van der Waals surface area (Å²) in [7, 11) is -0.962. The molecule has 2 amide bonds. The molecule has 0 aliphatic carbocycles. The smallest absolute Gasteiger partial charge is 0.321 e. The fourth-order valence-corrected chi connectivity index (χ4v) is 2.13. The lowest BCUT2D eigenvalue weighted by molar-refractivity contribution is -0.137. The van der Waals surface area contributed by atoms with Crippen molar-refractivity contribution in [2.24, 2.45) is 0 Å². The van der Waals surface area contributed by atoms with E-state index in [2.05, 4.69) is 5.32 Å². The van der Waals surface area contributed by atoms with Crippen LogP contribution in [0.15, 0.2) is 30.3 Å². The Morgan fingerprint density at radius 2 is 1.95 bits per heavy atom. The second-order valence-electron chi connectivity index (χ2n) is 4.49. The van der Waals surface area contributed by atoms with Crippen molar-refractivity contribution in [1.82, 2.24) is 5.32 Å². The van der Waals surface area contributed by atoms with Crippen LogP contribution in [-0.4, -0.2) is 46.4 Å². The van der Waals surface area contributed by atoms with Crippen molar-refractivity contribution in [3.63, 3.8) is 0 Å². The molecule has 1 atom stereocenters. The van der Waals surface area contributed by atoms with E-state index in [4.69, 9.17) is 5.11 Å². The van der Waals surface area contributed by atoms with E-state index in [0.29, 0.717) is 31.0 Å². The van der Waals surface area contributed by atoms with Gasteiger partial charge in [0.25, 0.3) is 0 Å². The lowest BCUT2D eigenvalue weighted by Gasteiger charge is -2.23. The lowest BCUT2D eigenvalue weighted by Crippen LogP contribution is -2.42. The van der Waals surface area contributed by atoms with Crippen LogP contribution in [0.3, 0.4) is 0 Å². The van der Waals surface area contributed by atoms with Gasteiger partial charge in [-0.25, -0.2) is 4.79 Å². The number of carbonyl (C=O) groups excluding carboxylic acids is 1. The summed E-state index contributed by atoms with van der Waals surface area (Å²) in [6.45, 7) is 0.640. The summed E-state index contributed by atoms with van der Waals surface area (Å²) in [5.74, 6) is -0.492. The van der Waals surface area contributed by atoms with Crippen molar-refractivity contribution in [2.45, 2.75) is 12.8 Å². The first-order valence-corrected chi connectivity index (χ1v) is 8.35. The Morgan fingerprint density at radius 3 is 2.52 bits per heavy atom. The molecular formula is C14H20N2O4S. The number of amides is 2. The molecular weight excluding hydrogens is 292 g/mol. The van der Waals surface area contributed by atoms with Crippen LogP contribution in [-0.2, 0) is 15.6 Å². The Labute approximate surface area is 126 Å². The zero-order valence-electron chi connectivity index (χ0n) is 11.9. The van der Waals surface area contributed by atoms with Gasteiger partial charge in [-0.3, -0.25) is 13.9 Å². The van der Waals surface area contributed by atoms with Gasteiger partial charge < -0.3 is 10.4 Å². The molecule has 0 aliphatic rings. The van der Waals surface area contributed by atoms with Crippen LogP contribution in [0.1, 0.15) is 12.8 Å². The third-order valence-corrected chi connectivity index (χ3v) is 3.53. The van der Waals surface area contributed by atoms with E-state index >= 15 is 0 Å². The van der Waals surface area contributed by atoms with Crippen molar-refractivity contribution in [3.8, 4) is 0 Å². The zero-order chi connectivity index (χ0) is 15.7. The van der Waals surface area contributed by atoms with Crippen LogP contribution in [0.4, 0.5) is 10.5 Å². The first kappa shape index (κ1) is 17.2. The monoisotopic (exact) mass is 312 g/mol. The highest BCUT2D eigenvalue weighted by Crippen LogP contribution is 2.14. The third kappa shape index (κ3) is 6.89. The number of nitrogens with one attached hydrogen (secondary N) is 1. The maximum absolute atomic E-state index is 12.2. The molecule has 0 aromatic heterocycles. The average molecular weight is 312 g/mol. The number of urea groups is 1. The topological polar surface area (TPSA) is 86.7 Å². The summed E-state index contributed by atoms with van der Waals surface area (Å²) in [6, 6.07) is 8.74. The standard InChI is InChI=1S/C14H20N2O4S/c1-21(20)11-9-15-14(19)16(10-5-8-13(17)18)12-6-3-2-4-7-12/h2-4,6-7H,5,8-11H2,1H3,(H,15,19)(H,17,18). The molecule has 0 bridgehead atoms. The fraction of sp³-hybridized carbons (Fsp3) is 0.429. The molecule has 116 valence electrons. The number of hydrogen-bond acceptors (Lipinski definition) is 3. The van der Waals surface area contributed by atoms with Gasteiger partial charge >= 0.3 is 12.0 Å². The average Bonchev–Trinajstić information content (AvgIpc) is 2.43. The number of carboxylic acid groups (broad SMARTS) is 1. The van der Waals surface area contributed by atoms with Gasteiger partial charge in [0, 0.05) is 48.0 Å². The van der Waals surface area contributed by atoms with E-state index in [1.165, 1.54) is 4.90 Å². The molecule has 1 rings (SSSR count). The highest BCUT2D eigenvalue weighted by molar-refractivity contribution is 7.84. The molecule has 0 saturated heterocycles. The van der Waals surface area contributed by atoms with Gasteiger partial charge in [-0.1, -0.05) is 18.2 Å². The molecule has 6 nitrogen and oxygen atoms in total. The van der Waals surface area contributed by atoms with E-state index in [9.17, 15) is 13.8 Å². The van der Waals surface area contributed by atoms with Crippen LogP contribution in [0, 0.1) is 0 Å². The first-order valence-electron chi connectivity index (χ1n) is 6.63. The summed E-state index contributed by atoms with van der Waals surface area (Å²) < 4.78 is 11.0. The van der Waals surface area contributed by atoms with Gasteiger partial charge in [0.2, 0.25) is 0 Å². The highest BCUT2D eigenvalue weighted by atomic mass is 32.2. The quantitative estimate of drug-likeness (QED) is 0.760. The number of aliphatic carboxylic acids is 1. The largest absolute Gasteiger partial charge is 0.481 e. The minimum Gasteiger partial charge on any atom is -0.481 e. The summed E-state index contributed by atoms with van der Waals surface area (Å²) >= 11 is 0. The first-order chi connectivity index (χ1) is 10.0. The molecule has 1 unspecified atom stereocenters. The van der Waals surface area contributed by atoms with Gasteiger partial charge in [-0.2, -0.15) is 0 Å². The molecule has 0 aliphatic heterocycles. The minimum atomic E-state index is -0.962. The number of nitrogens with zero attached hydrogens (tertiary/aromatic N) is 1. The number of rotatable bonds is 8. The number of hydrogen-bond donors (Lipinski definition) is 2. The fourth-order valence-electron chi connectivity index (χ4n) is 1.74. The number of para-hydroxylation sites is 1. The normalized spacial score (nSPS) is 11.7. The Balaban J connectivity index is 2.64. The van der Waals surface area contributed by atoms with Crippen molar-refractivity contribution < 1.29 is 18.9 Å². The number of carbonyl (C=O) groups is 2. The molecule has 0 saturated carbocycles. The Hall–Kier alpha value is -1.89. The predicted octanol–water partition coefficient (Wildman–Crippen LogP) is 1.45. The van der Waals surface area contributed by atoms with Gasteiger partial charge in [0.05, 0.1) is 0 Å². The summed E-state index contributed by atoms with van der Waals surface area (Å²) in [4.78, 5) is 24.3. The second kappa shape index (κ2) is 9.12. The highest BCUT2D eigenvalue weighted by Gasteiger charge is 2.15. The molecule has 0 fully saturated rings. The van der Waals surface area contributed by atoms with Gasteiger partial charge in [0.15, 0.2) is 0 Å². The van der Waals surface area contributed by atoms with Crippen LogP contribution in [0.25, 0.3) is 0 Å². The summed E-state index contributed by atoms with van der Waals surface area (Å²) in [5.41, 5.74) is 0.706. The van der Waals surface area contributed by atoms with Gasteiger partial charge in [-0.15, -0.1) is 0 Å². The molecule has 1 aromatic carbocycles. The second-order valence-corrected chi connectivity index (χ2v) is 6.05. The predicted molar refractivity (Wildman–Crippen MR) is 83.0 cm³/mol. The maximum Gasteiger partial charge on any atom is 0.321 e. The summed E-state index contributed by atoms with van der Waals surface area (Å²) in [6.07, 6.45) is 1.96. The molecule has 0 heterocycles. The van der Waals surface area contributed by atoms with Crippen LogP contribution >= 0.6 is 0 Å². The Bertz CT molecular complexity index is 493. The maximum atomic E-state index is 12.2. The zero-order valence-corrected chi connectivity index (χ0v) is 12.8. The molecule has 0 spiro atoms. The van der Waals surface area contributed by atoms with E-state index in [1.54, 1.807) is 18.4 Å². The van der Waals surface area contributed by atoms with Crippen LogP contribution in [0.5, 0.6) is 0 Å². The van der Waals surface area contributed by atoms with E-state index < -0.39 is 16.8 Å². The molecule has 7 heteroatoms. The molecule has 1 aromatic rings.